The van der Waals surface area contributed by atoms with Crippen molar-refractivity contribution in [3.05, 3.63) is 29.3 Å². The summed E-state index contributed by atoms with van der Waals surface area (Å²) < 4.78 is 1.46. The second-order valence-electron chi connectivity index (χ2n) is 9.88. The van der Waals surface area contributed by atoms with Crippen molar-refractivity contribution < 1.29 is 39.0 Å². The van der Waals surface area contributed by atoms with E-state index in [4.69, 9.17) is 11.5 Å². The molecule has 1 aromatic carbocycles. The van der Waals surface area contributed by atoms with Crippen LogP contribution in [-0.2, 0) is 20.8 Å². The molecule has 0 aliphatic carbocycles. The summed E-state index contributed by atoms with van der Waals surface area (Å²) in [5.41, 5.74) is 11.9. The third kappa shape index (κ3) is 3.13. The molecule has 1 spiro atoms. The minimum Gasteiger partial charge on any atom is -0.358 e. The Bertz CT molecular complexity index is 1320. The van der Waals surface area contributed by atoms with Gasteiger partial charge in [-0.15, -0.1) is 0 Å². The van der Waals surface area contributed by atoms with Gasteiger partial charge in [0.2, 0.25) is 17.7 Å². The van der Waals surface area contributed by atoms with Crippen LogP contribution in [0.15, 0.2) is 18.2 Å². The summed E-state index contributed by atoms with van der Waals surface area (Å²) in [6.45, 7) is -0.193. The highest BCUT2D eigenvalue weighted by Gasteiger charge is 2.78. The van der Waals surface area contributed by atoms with Crippen LogP contribution in [0.1, 0.15) is 28.8 Å². The number of nitrogens with zero attached hydrogens (tertiary/aromatic N) is 2. The first-order valence-electron chi connectivity index (χ1n) is 11.9. The van der Waals surface area contributed by atoms with Crippen molar-refractivity contribution in [2.75, 3.05) is 18.4 Å². The molecule has 0 aromatic heterocycles. The lowest BCUT2D eigenvalue weighted by Crippen LogP contribution is -2.92. The molecule has 1 aromatic rings. The smallest absolute Gasteiger partial charge is 0.347 e. The van der Waals surface area contributed by atoms with Gasteiger partial charge in [-0.2, -0.15) is 0 Å². The van der Waals surface area contributed by atoms with Gasteiger partial charge in [-0.1, -0.05) is 6.07 Å². The molecule has 11 N–H and O–H groups in total. The standard InChI is InChI=1S/C22H25N9O6/c23-19-28-17-12(7-30-15(33)4-5-16(30)34)26-20(24)31-8-13(22(36,37)21(17,31)29-19)27-18(35)9-2-1-3-11-10(9)6-14(32)25-11/h1-3,12-13,17,36-37H,4-8H2,(H7,23,24,25,26,27,28,29,32,35)/p+2/t12-,13?,17-,21-/m0/s1. The molecule has 4 amide bonds. The quantitative estimate of drug-likeness (QED) is 0.105. The zero-order chi connectivity index (χ0) is 26.3. The fourth-order valence-corrected chi connectivity index (χ4v) is 6.12. The second-order valence-corrected chi connectivity index (χ2v) is 9.88. The van der Waals surface area contributed by atoms with Gasteiger partial charge in [0.05, 0.1) is 19.5 Å². The van der Waals surface area contributed by atoms with E-state index in [1.54, 1.807) is 18.2 Å². The van der Waals surface area contributed by atoms with Crippen LogP contribution in [0.5, 0.6) is 0 Å². The number of carbonyl (C=O) groups excluding carboxylic acids is 4. The number of fused-ring (bicyclic) bond motifs is 1. The Kier molecular flexibility index (Phi) is 4.78. The molecule has 6 rings (SSSR count). The van der Waals surface area contributed by atoms with Crippen molar-refractivity contribution in [3.8, 4) is 0 Å². The van der Waals surface area contributed by atoms with Crippen LogP contribution in [-0.4, -0.2) is 97.9 Å². The van der Waals surface area contributed by atoms with Gasteiger partial charge in [0.1, 0.15) is 12.1 Å². The van der Waals surface area contributed by atoms with Gasteiger partial charge in [0.15, 0.2) is 6.04 Å². The zero-order valence-corrected chi connectivity index (χ0v) is 19.6. The van der Waals surface area contributed by atoms with E-state index in [2.05, 4.69) is 26.3 Å². The van der Waals surface area contributed by atoms with E-state index in [1.807, 2.05) is 0 Å². The molecular formula is C22H27N9O6+2. The monoisotopic (exact) mass is 513 g/mol. The van der Waals surface area contributed by atoms with Gasteiger partial charge < -0.3 is 20.8 Å². The minimum atomic E-state index is -2.63. The average molecular weight is 514 g/mol. The maximum Gasteiger partial charge on any atom is 0.347 e. The van der Waals surface area contributed by atoms with Gasteiger partial charge in [-0.3, -0.25) is 45.9 Å². The SMILES string of the molecule is NC1=[NH+][C@H]2[C@H](CN3C(=O)CCC3=O)NC(N)=[N+]3CC(NC(=O)c4cccc5c4CC(=O)N5)C(O)(O)[C@]23N1. The van der Waals surface area contributed by atoms with Crippen molar-refractivity contribution in [2.45, 2.75) is 48.8 Å². The van der Waals surface area contributed by atoms with Crippen molar-refractivity contribution in [1.29, 1.82) is 0 Å². The summed E-state index contributed by atoms with van der Waals surface area (Å²) >= 11 is 0. The van der Waals surface area contributed by atoms with Crippen LogP contribution in [0.25, 0.3) is 0 Å². The lowest BCUT2D eigenvalue weighted by molar-refractivity contribution is -0.674. The van der Waals surface area contributed by atoms with E-state index < -0.39 is 35.5 Å². The van der Waals surface area contributed by atoms with Crippen molar-refractivity contribution in [2.24, 2.45) is 11.5 Å². The number of hydrogen-bond acceptors (Lipinski definition) is 10. The predicted octanol–water partition coefficient (Wildman–Crippen LogP) is -6.51. The molecule has 4 atom stereocenters. The molecule has 1 unspecified atom stereocenters. The van der Waals surface area contributed by atoms with Gasteiger partial charge >= 0.3 is 11.9 Å². The number of hydrogen-bond donors (Lipinski definition) is 9. The number of carbonyl (C=O) groups is 4. The molecular weight excluding hydrogens is 486 g/mol. The fraction of sp³-hybridized carbons (Fsp3) is 0.455. The van der Waals surface area contributed by atoms with Crippen LogP contribution < -0.4 is 37.7 Å². The van der Waals surface area contributed by atoms with Crippen molar-refractivity contribution >= 4 is 41.2 Å². The second kappa shape index (κ2) is 7.63. The zero-order valence-electron chi connectivity index (χ0n) is 19.6. The molecule has 15 heteroatoms. The van der Waals surface area contributed by atoms with E-state index >= 15 is 0 Å². The number of amides is 4. The topological polar surface area (TPSA) is 229 Å². The van der Waals surface area contributed by atoms with Crippen LogP contribution in [0.3, 0.4) is 0 Å². The molecule has 15 nitrogen and oxygen atoms in total. The van der Waals surface area contributed by atoms with E-state index in [0.29, 0.717) is 11.3 Å². The molecule has 37 heavy (non-hydrogen) atoms. The molecule has 0 radical (unpaired) electrons. The molecule has 194 valence electrons. The first-order valence-corrected chi connectivity index (χ1v) is 11.9. The number of rotatable bonds is 4. The summed E-state index contributed by atoms with van der Waals surface area (Å²) in [7, 11) is 0. The number of anilines is 1. The largest absolute Gasteiger partial charge is 0.358 e. The van der Waals surface area contributed by atoms with Crippen molar-refractivity contribution in [3.63, 3.8) is 0 Å². The van der Waals surface area contributed by atoms with Crippen LogP contribution in [0.2, 0.25) is 0 Å². The van der Waals surface area contributed by atoms with Crippen LogP contribution >= 0.6 is 0 Å². The van der Waals surface area contributed by atoms with E-state index in [9.17, 15) is 29.4 Å². The lowest BCUT2D eigenvalue weighted by Gasteiger charge is -2.41. The number of benzene rings is 1. The van der Waals surface area contributed by atoms with E-state index in [-0.39, 0.29) is 67.6 Å². The highest BCUT2D eigenvalue weighted by molar-refractivity contribution is 6.06. The Labute approximate surface area is 209 Å². The fourth-order valence-electron chi connectivity index (χ4n) is 6.12. The maximum absolute atomic E-state index is 13.3. The minimum absolute atomic E-state index is 0.0282. The third-order valence-electron chi connectivity index (χ3n) is 7.82. The van der Waals surface area contributed by atoms with Crippen molar-refractivity contribution in [1.82, 2.24) is 20.9 Å². The van der Waals surface area contributed by atoms with E-state index in [1.165, 1.54) is 4.58 Å². The molecule has 0 saturated carbocycles. The van der Waals surface area contributed by atoms with Gasteiger partial charge in [-0.25, -0.2) is 9.89 Å². The van der Waals surface area contributed by atoms with Gasteiger partial charge in [-0.05, 0) is 17.7 Å². The molecule has 2 fully saturated rings. The number of likely N-dealkylation sites (tertiary alicyclic amines) is 1. The molecule has 2 saturated heterocycles. The predicted molar refractivity (Wildman–Crippen MR) is 124 cm³/mol. The Balaban J connectivity index is 1.32. The van der Waals surface area contributed by atoms with Gasteiger partial charge in [0, 0.05) is 24.1 Å². The summed E-state index contributed by atoms with van der Waals surface area (Å²) in [5, 5.41) is 34.5. The Hall–Kier alpha value is -4.24. The summed E-state index contributed by atoms with van der Waals surface area (Å²) in [5.74, 6) is -4.05. The van der Waals surface area contributed by atoms with Crippen LogP contribution in [0.4, 0.5) is 5.69 Å². The summed E-state index contributed by atoms with van der Waals surface area (Å²) in [6, 6.07) is 1.99. The highest BCUT2D eigenvalue weighted by atomic mass is 16.5. The number of imide groups is 1. The molecule has 5 aliphatic heterocycles. The maximum atomic E-state index is 13.3. The summed E-state index contributed by atoms with van der Waals surface area (Å²) in [4.78, 5) is 53.7. The average Bonchev–Trinajstić information content (AvgIpc) is 3.54. The Morgan fingerprint density at radius 1 is 1.22 bits per heavy atom. The molecule has 5 aliphatic rings. The summed E-state index contributed by atoms with van der Waals surface area (Å²) in [6.07, 6.45) is 0.242. The molecule has 0 bridgehead atoms. The van der Waals surface area contributed by atoms with Gasteiger partial charge in [0.25, 0.3) is 17.4 Å². The normalized spacial score (nSPS) is 31.3. The lowest BCUT2D eigenvalue weighted by atomic mass is 9.85. The first-order chi connectivity index (χ1) is 17.5. The Morgan fingerprint density at radius 2 is 1.95 bits per heavy atom. The van der Waals surface area contributed by atoms with Crippen LogP contribution in [0, 0.1) is 0 Å². The number of guanidine groups is 2. The number of nitrogens with one attached hydrogen (secondary N) is 5. The number of nitrogens with two attached hydrogens (primary N) is 2. The Morgan fingerprint density at radius 3 is 2.68 bits per heavy atom. The van der Waals surface area contributed by atoms with E-state index in [0.717, 1.165) is 4.90 Å². The third-order valence-corrected chi connectivity index (χ3v) is 7.82. The first kappa shape index (κ1) is 23.2. The molecule has 5 heterocycles. The number of aliphatic hydroxyl groups is 2. The highest BCUT2D eigenvalue weighted by Crippen LogP contribution is 2.38.